The first kappa shape index (κ1) is 15.3. The molecule has 0 spiro atoms. The van der Waals surface area contributed by atoms with E-state index < -0.39 is 0 Å². The van der Waals surface area contributed by atoms with E-state index in [0.717, 1.165) is 17.8 Å². The molecule has 2 aliphatic carbocycles. The molecule has 0 aliphatic heterocycles. The zero-order valence-electron chi connectivity index (χ0n) is 12.9. The third kappa shape index (κ3) is 5.43. The van der Waals surface area contributed by atoms with Gasteiger partial charge >= 0.3 is 0 Å². The van der Waals surface area contributed by atoms with Gasteiger partial charge in [0.15, 0.2) is 0 Å². The molecule has 112 valence electrons. The van der Waals surface area contributed by atoms with Crippen LogP contribution in [0.2, 0.25) is 0 Å². The SMILES string of the molecule is CCCNCCCNCC1CCC2CCCCC2C1. The Bertz CT molecular complexity index is 229. The van der Waals surface area contributed by atoms with E-state index >= 15 is 0 Å². The van der Waals surface area contributed by atoms with Gasteiger partial charge in [0.2, 0.25) is 0 Å². The van der Waals surface area contributed by atoms with E-state index in [2.05, 4.69) is 17.6 Å². The van der Waals surface area contributed by atoms with Gasteiger partial charge in [-0.05, 0) is 76.0 Å². The average Bonchev–Trinajstić information content (AvgIpc) is 2.46. The highest BCUT2D eigenvalue weighted by Gasteiger charge is 2.31. The molecule has 0 aromatic carbocycles. The fraction of sp³-hybridized carbons (Fsp3) is 1.00. The molecule has 2 nitrogen and oxygen atoms in total. The highest BCUT2D eigenvalue weighted by atomic mass is 14.9. The second-order valence-electron chi connectivity index (χ2n) is 6.79. The first-order chi connectivity index (χ1) is 9.40. The van der Waals surface area contributed by atoms with Crippen LogP contribution in [0, 0.1) is 17.8 Å². The molecule has 2 saturated carbocycles. The molecule has 3 atom stereocenters. The van der Waals surface area contributed by atoms with E-state index in [1.54, 1.807) is 0 Å². The standard InChI is InChI=1S/C17H34N2/c1-2-10-18-11-5-12-19-14-15-8-9-16-6-3-4-7-17(16)13-15/h15-19H,2-14H2,1H3. The lowest BCUT2D eigenvalue weighted by atomic mass is 9.67. The Morgan fingerprint density at radius 3 is 2.47 bits per heavy atom. The maximum absolute atomic E-state index is 3.69. The van der Waals surface area contributed by atoms with Crippen molar-refractivity contribution in [2.45, 2.75) is 64.7 Å². The van der Waals surface area contributed by atoms with Crippen molar-refractivity contribution < 1.29 is 0 Å². The molecule has 0 radical (unpaired) electrons. The van der Waals surface area contributed by atoms with Gasteiger partial charge in [0, 0.05) is 0 Å². The molecular formula is C17H34N2. The Morgan fingerprint density at radius 1 is 0.842 bits per heavy atom. The molecule has 0 saturated heterocycles. The summed E-state index contributed by atoms with van der Waals surface area (Å²) in [5.41, 5.74) is 0. The lowest BCUT2D eigenvalue weighted by Crippen LogP contribution is -2.33. The maximum Gasteiger partial charge on any atom is -0.00204 e. The summed E-state index contributed by atoms with van der Waals surface area (Å²) in [6.07, 6.45) is 13.1. The average molecular weight is 266 g/mol. The predicted octanol–water partition coefficient (Wildman–Crippen LogP) is 3.57. The summed E-state index contributed by atoms with van der Waals surface area (Å²) in [6.45, 7) is 7.05. The van der Waals surface area contributed by atoms with Crippen LogP contribution in [0.3, 0.4) is 0 Å². The van der Waals surface area contributed by atoms with Gasteiger partial charge in [0.05, 0.1) is 0 Å². The van der Waals surface area contributed by atoms with Crippen molar-refractivity contribution in [1.82, 2.24) is 10.6 Å². The number of nitrogens with one attached hydrogen (secondary N) is 2. The lowest BCUT2D eigenvalue weighted by molar-refractivity contribution is 0.129. The van der Waals surface area contributed by atoms with E-state index in [0.29, 0.717) is 0 Å². The van der Waals surface area contributed by atoms with E-state index in [1.807, 2.05) is 0 Å². The highest BCUT2D eigenvalue weighted by molar-refractivity contribution is 4.83. The number of rotatable bonds is 8. The van der Waals surface area contributed by atoms with E-state index in [4.69, 9.17) is 0 Å². The third-order valence-electron chi connectivity index (χ3n) is 5.22. The van der Waals surface area contributed by atoms with Crippen LogP contribution < -0.4 is 10.6 Å². The zero-order valence-corrected chi connectivity index (χ0v) is 12.9. The normalized spacial score (nSPS) is 31.1. The van der Waals surface area contributed by atoms with Crippen molar-refractivity contribution in [2.24, 2.45) is 17.8 Å². The minimum atomic E-state index is 0.975. The van der Waals surface area contributed by atoms with E-state index in [9.17, 15) is 0 Å². The van der Waals surface area contributed by atoms with E-state index in [-0.39, 0.29) is 0 Å². The quantitative estimate of drug-likeness (QED) is 0.656. The molecular weight excluding hydrogens is 232 g/mol. The molecule has 2 N–H and O–H groups in total. The van der Waals surface area contributed by atoms with Crippen LogP contribution in [0.25, 0.3) is 0 Å². The van der Waals surface area contributed by atoms with Gasteiger partial charge in [-0.3, -0.25) is 0 Å². The van der Waals surface area contributed by atoms with Crippen LogP contribution in [0.15, 0.2) is 0 Å². The van der Waals surface area contributed by atoms with Crippen LogP contribution in [0.4, 0.5) is 0 Å². The number of hydrogen-bond acceptors (Lipinski definition) is 2. The van der Waals surface area contributed by atoms with Gasteiger partial charge in [-0.1, -0.05) is 32.6 Å². The Kier molecular flexibility index (Phi) is 7.23. The molecule has 2 heteroatoms. The van der Waals surface area contributed by atoms with Crippen LogP contribution in [0.1, 0.15) is 64.7 Å². The fourth-order valence-electron chi connectivity index (χ4n) is 4.10. The zero-order chi connectivity index (χ0) is 13.3. The monoisotopic (exact) mass is 266 g/mol. The molecule has 0 aromatic heterocycles. The number of fused-ring (bicyclic) bond motifs is 1. The van der Waals surface area contributed by atoms with Gasteiger partial charge in [0.1, 0.15) is 0 Å². The first-order valence-electron chi connectivity index (χ1n) is 8.81. The Hall–Kier alpha value is -0.0800. The number of hydrogen-bond donors (Lipinski definition) is 2. The Balaban J connectivity index is 1.50. The molecule has 0 bridgehead atoms. The van der Waals surface area contributed by atoms with Crippen molar-refractivity contribution in [3.63, 3.8) is 0 Å². The van der Waals surface area contributed by atoms with Crippen molar-refractivity contribution >= 4 is 0 Å². The predicted molar refractivity (Wildman–Crippen MR) is 83.4 cm³/mol. The largest absolute Gasteiger partial charge is 0.317 e. The highest BCUT2D eigenvalue weighted by Crippen LogP contribution is 2.42. The van der Waals surface area contributed by atoms with Crippen molar-refractivity contribution in [3.8, 4) is 0 Å². The van der Waals surface area contributed by atoms with Crippen molar-refractivity contribution in [1.29, 1.82) is 0 Å². The second-order valence-corrected chi connectivity index (χ2v) is 6.79. The topological polar surface area (TPSA) is 24.1 Å². The Labute approximate surface area is 120 Å². The smallest absolute Gasteiger partial charge is 0.00204 e. The van der Waals surface area contributed by atoms with Crippen LogP contribution in [-0.4, -0.2) is 26.2 Å². The third-order valence-corrected chi connectivity index (χ3v) is 5.22. The molecule has 3 unspecified atom stereocenters. The summed E-state index contributed by atoms with van der Waals surface area (Å²) in [6, 6.07) is 0. The second kappa shape index (κ2) is 8.97. The summed E-state index contributed by atoms with van der Waals surface area (Å²) in [7, 11) is 0. The van der Waals surface area contributed by atoms with Gasteiger partial charge in [-0.25, -0.2) is 0 Å². The molecule has 2 aliphatic rings. The van der Waals surface area contributed by atoms with Crippen LogP contribution in [-0.2, 0) is 0 Å². The molecule has 0 aromatic rings. The molecule has 19 heavy (non-hydrogen) atoms. The van der Waals surface area contributed by atoms with Crippen LogP contribution >= 0.6 is 0 Å². The molecule has 2 rings (SSSR count). The van der Waals surface area contributed by atoms with Gasteiger partial charge in [-0.2, -0.15) is 0 Å². The first-order valence-corrected chi connectivity index (χ1v) is 8.81. The van der Waals surface area contributed by atoms with Crippen molar-refractivity contribution in [3.05, 3.63) is 0 Å². The summed E-state index contributed by atoms with van der Waals surface area (Å²) >= 11 is 0. The van der Waals surface area contributed by atoms with Gasteiger partial charge in [-0.15, -0.1) is 0 Å². The Morgan fingerprint density at radius 2 is 1.63 bits per heavy atom. The summed E-state index contributed by atoms with van der Waals surface area (Å²) in [5, 5.41) is 7.16. The maximum atomic E-state index is 3.69. The lowest BCUT2D eigenvalue weighted by Gasteiger charge is -2.39. The van der Waals surface area contributed by atoms with Crippen LogP contribution in [0.5, 0.6) is 0 Å². The van der Waals surface area contributed by atoms with Gasteiger partial charge in [0.25, 0.3) is 0 Å². The molecule has 2 fully saturated rings. The summed E-state index contributed by atoms with van der Waals surface area (Å²) in [5.74, 6) is 3.16. The molecule has 0 amide bonds. The fourth-order valence-corrected chi connectivity index (χ4v) is 4.10. The molecule has 0 heterocycles. The summed E-state index contributed by atoms with van der Waals surface area (Å²) < 4.78 is 0. The minimum absolute atomic E-state index is 0.975. The van der Waals surface area contributed by atoms with Crippen molar-refractivity contribution in [2.75, 3.05) is 26.2 Å². The summed E-state index contributed by atoms with van der Waals surface area (Å²) in [4.78, 5) is 0. The van der Waals surface area contributed by atoms with Gasteiger partial charge < -0.3 is 10.6 Å². The van der Waals surface area contributed by atoms with E-state index in [1.165, 1.54) is 84.0 Å². The minimum Gasteiger partial charge on any atom is -0.317 e.